The molecule has 0 N–H and O–H groups in total. The summed E-state index contributed by atoms with van der Waals surface area (Å²) in [7, 11) is 0. The minimum absolute atomic E-state index is 0.726. The molecule has 0 atom stereocenters. The molecule has 0 bridgehead atoms. The van der Waals surface area contributed by atoms with E-state index in [1.807, 2.05) is 36.4 Å². The van der Waals surface area contributed by atoms with Gasteiger partial charge in [0.05, 0.1) is 11.4 Å². The normalized spacial score (nSPS) is 10.8. The van der Waals surface area contributed by atoms with E-state index in [0.717, 1.165) is 38.4 Å². The minimum Gasteiger partial charge on any atom is -0.228 e. The van der Waals surface area contributed by atoms with Crippen LogP contribution in [0.3, 0.4) is 0 Å². The van der Waals surface area contributed by atoms with Crippen LogP contribution in [0.1, 0.15) is 0 Å². The summed E-state index contributed by atoms with van der Waals surface area (Å²) in [6.45, 7) is 0. The lowest BCUT2D eigenvalue weighted by atomic mass is 9.99. The molecule has 0 radical (unpaired) electrons. The molecular formula is C34H23BrN2. The van der Waals surface area contributed by atoms with Gasteiger partial charge in [-0.05, 0) is 40.5 Å². The van der Waals surface area contributed by atoms with Gasteiger partial charge in [0.15, 0.2) is 5.82 Å². The molecular weight excluding hydrogens is 516 g/mol. The maximum atomic E-state index is 4.94. The summed E-state index contributed by atoms with van der Waals surface area (Å²) in [6.07, 6.45) is 0. The summed E-state index contributed by atoms with van der Waals surface area (Å²) in [5.74, 6) is 0.726. The van der Waals surface area contributed by atoms with E-state index in [9.17, 15) is 0 Å². The third kappa shape index (κ3) is 5.13. The highest BCUT2D eigenvalue weighted by Gasteiger charge is 2.11. The Balaban J connectivity index is 1.33. The molecule has 3 heteroatoms. The van der Waals surface area contributed by atoms with E-state index in [4.69, 9.17) is 9.97 Å². The zero-order valence-electron chi connectivity index (χ0n) is 20.1. The molecule has 0 aliphatic rings. The Morgan fingerprint density at radius 3 is 1.16 bits per heavy atom. The third-order valence-corrected chi connectivity index (χ3v) is 6.93. The molecule has 1 heterocycles. The zero-order chi connectivity index (χ0) is 25.0. The van der Waals surface area contributed by atoms with Gasteiger partial charge in [-0.2, -0.15) is 0 Å². The molecule has 0 fully saturated rings. The van der Waals surface area contributed by atoms with Crippen molar-refractivity contribution in [3.8, 4) is 56.2 Å². The third-order valence-electron chi connectivity index (χ3n) is 6.40. The molecule has 6 rings (SSSR count). The van der Waals surface area contributed by atoms with Crippen LogP contribution >= 0.6 is 15.9 Å². The maximum Gasteiger partial charge on any atom is 0.160 e. The second kappa shape index (κ2) is 10.3. The number of hydrogen-bond acceptors (Lipinski definition) is 2. The number of benzene rings is 5. The van der Waals surface area contributed by atoms with Crippen molar-refractivity contribution in [3.05, 3.63) is 144 Å². The molecule has 0 saturated carbocycles. The van der Waals surface area contributed by atoms with Crippen molar-refractivity contribution >= 4 is 15.9 Å². The molecule has 2 nitrogen and oxygen atoms in total. The largest absolute Gasteiger partial charge is 0.228 e. The highest BCUT2D eigenvalue weighted by Crippen LogP contribution is 2.30. The van der Waals surface area contributed by atoms with Crippen LogP contribution in [0.5, 0.6) is 0 Å². The number of halogens is 1. The summed E-state index contributed by atoms with van der Waals surface area (Å²) in [5, 5.41) is 0. The van der Waals surface area contributed by atoms with E-state index < -0.39 is 0 Å². The van der Waals surface area contributed by atoms with E-state index in [2.05, 4.69) is 119 Å². The van der Waals surface area contributed by atoms with E-state index in [1.165, 1.54) is 22.3 Å². The molecule has 0 aliphatic heterocycles. The molecule has 1 aromatic heterocycles. The van der Waals surface area contributed by atoms with E-state index in [1.54, 1.807) is 0 Å². The fourth-order valence-corrected chi connectivity index (χ4v) is 4.66. The zero-order valence-corrected chi connectivity index (χ0v) is 21.6. The van der Waals surface area contributed by atoms with Gasteiger partial charge in [-0.3, -0.25) is 0 Å². The van der Waals surface area contributed by atoms with Crippen molar-refractivity contribution in [2.24, 2.45) is 0 Å². The Kier molecular flexibility index (Phi) is 6.45. The van der Waals surface area contributed by atoms with Crippen molar-refractivity contribution in [2.75, 3.05) is 0 Å². The maximum absolute atomic E-state index is 4.94. The van der Waals surface area contributed by atoms with Crippen LogP contribution < -0.4 is 0 Å². The first-order chi connectivity index (χ1) is 18.2. The van der Waals surface area contributed by atoms with Crippen LogP contribution in [-0.4, -0.2) is 9.97 Å². The number of rotatable bonds is 5. The van der Waals surface area contributed by atoms with Crippen LogP contribution in [0.2, 0.25) is 0 Å². The van der Waals surface area contributed by atoms with Crippen molar-refractivity contribution in [2.45, 2.75) is 0 Å². The van der Waals surface area contributed by atoms with Gasteiger partial charge < -0.3 is 0 Å². The van der Waals surface area contributed by atoms with Crippen LogP contribution in [-0.2, 0) is 0 Å². The lowest BCUT2D eigenvalue weighted by molar-refractivity contribution is 1.18. The van der Waals surface area contributed by atoms with Crippen molar-refractivity contribution < 1.29 is 0 Å². The summed E-state index contributed by atoms with van der Waals surface area (Å²) in [5.41, 5.74) is 9.73. The molecule has 5 aromatic carbocycles. The molecule has 0 aliphatic carbocycles. The van der Waals surface area contributed by atoms with Crippen LogP contribution in [0.4, 0.5) is 0 Å². The lowest BCUT2D eigenvalue weighted by Crippen LogP contribution is -1.95. The predicted molar refractivity (Wildman–Crippen MR) is 157 cm³/mol. The van der Waals surface area contributed by atoms with Gasteiger partial charge in [0.2, 0.25) is 0 Å². The van der Waals surface area contributed by atoms with E-state index in [-0.39, 0.29) is 0 Å². The Labute approximate surface area is 225 Å². The molecule has 176 valence electrons. The summed E-state index contributed by atoms with van der Waals surface area (Å²) in [4.78, 5) is 9.83. The standard InChI is InChI=1S/C34H23BrN2/c35-31-21-19-27(20-22-31)25-13-11-24(12-14-25)26-15-17-29(18-16-26)33-23-32(28-7-3-1-4-8-28)36-34(37-33)30-9-5-2-6-10-30/h1-23H. The lowest BCUT2D eigenvalue weighted by Gasteiger charge is -2.10. The Morgan fingerprint density at radius 2 is 0.703 bits per heavy atom. The Hall–Kier alpha value is -4.34. The predicted octanol–water partition coefficient (Wildman–Crippen LogP) is 9.57. The van der Waals surface area contributed by atoms with E-state index in [0.29, 0.717) is 0 Å². The molecule has 0 spiro atoms. The van der Waals surface area contributed by atoms with Gasteiger partial charge in [0.25, 0.3) is 0 Å². The van der Waals surface area contributed by atoms with Gasteiger partial charge in [-0.15, -0.1) is 0 Å². The first-order valence-electron chi connectivity index (χ1n) is 12.2. The quantitative estimate of drug-likeness (QED) is 0.218. The summed E-state index contributed by atoms with van der Waals surface area (Å²) >= 11 is 3.51. The smallest absolute Gasteiger partial charge is 0.160 e. The fraction of sp³-hybridized carbons (Fsp3) is 0. The van der Waals surface area contributed by atoms with Crippen molar-refractivity contribution in [1.82, 2.24) is 9.97 Å². The Bertz CT molecular complexity index is 1570. The van der Waals surface area contributed by atoms with Crippen molar-refractivity contribution in [1.29, 1.82) is 0 Å². The van der Waals surface area contributed by atoms with Gasteiger partial charge in [-0.1, -0.05) is 137 Å². The molecule has 0 amide bonds. The fourth-order valence-electron chi connectivity index (χ4n) is 4.40. The first kappa shape index (κ1) is 23.1. The van der Waals surface area contributed by atoms with Crippen molar-refractivity contribution in [3.63, 3.8) is 0 Å². The summed E-state index contributed by atoms with van der Waals surface area (Å²) in [6, 6.07) is 48.2. The average Bonchev–Trinajstić information content (AvgIpc) is 2.98. The average molecular weight is 539 g/mol. The number of nitrogens with zero attached hydrogens (tertiary/aromatic N) is 2. The monoisotopic (exact) mass is 538 g/mol. The van der Waals surface area contributed by atoms with Gasteiger partial charge in [0, 0.05) is 21.2 Å². The van der Waals surface area contributed by atoms with E-state index >= 15 is 0 Å². The molecule has 0 unspecified atom stereocenters. The topological polar surface area (TPSA) is 25.8 Å². The SMILES string of the molecule is Brc1ccc(-c2ccc(-c3ccc(-c4cc(-c5ccccc5)nc(-c5ccccc5)n4)cc3)cc2)cc1. The van der Waals surface area contributed by atoms with Crippen LogP contribution in [0.15, 0.2) is 144 Å². The highest BCUT2D eigenvalue weighted by atomic mass is 79.9. The molecule has 6 aromatic rings. The Morgan fingerprint density at radius 1 is 0.351 bits per heavy atom. The minimum atomic E-state index is 0.726. The molecule has 0 saturated heterocycles. The summed E-state index contributed by atoms with van der Waals surface area (Å²) < 4.78 is 1.09. The second-order valence-electron chi connectivity index (χ2n) is 8.86. The van der Waals surface area contributed by atoms with Crippen LogP contribution in [0, 0.1) is 0 Å². The first-order valence-corrected chi connectivity index (χ1v) is 13.0. The van der Waals surface area contributed by atoms with Gasteiger partial charge in [-0.25, -0.2) is 9.97 Å². The number of hydrogen-bond donors (Lipinski definition) is 0. The highest BCUT2D eigenvalue weighted by molar-refractivity contribution is 9.10. The van der Waals surface area contributed by atoms with Crippen LogP contribution in [0.25, 0.3) is 56.2 Å². The molecule has 37 heavy (non-hydrogen) atoms. The number of aromatic nitrogens is 2. The van der Waals surface area contributed by atoms with Gasteiger partial charge in [0.1, 0.15) is 0 Å². The second-order valence-corrected chi connectivity index (χ2v) is 9.77. The van der Waals surface area contributed by atoms with Gasteiger partial charge >= 0.3 is 0 Å².